The van der Waals surface area contributed by atoms with Crippen LogP contribution in [0.3, 0.4) is 0 Å². The van der Waals surface area contributed by atoms with E-state index in [0.717, 1.165) is 36.7 Å². The van der Waals surface area contributed by atoms with Gasteiger partial charge in [0, 0.05) is 17.3 Å². The van der Waals surface area contributed by atoms with Gasteiger partial charge in [0.15, 0.2) is 0 Å². The summed E-state index contributed by atoms with van der Waals surface area (Å²) in [6, 6.07) is 14.5. The van der Waals surface area contributed by atoms with Crippen LogP contribution in [-0.4, -0.2) is 22.6 Å². The second-order valence-corrected chi connectivity index (χ2v) is 6.79. The first-order chi connectivity index (χ1) is 12.5. The lowest BCUT2D eigenvalue weighted by molar-refractivity contribution is 0.0693. The van der Waals surface area contributed by atoms with Gasteiger partial charge in [0.2, 0.25) is 0 Å². The molecule has 1 unspecified atom stereocenters. The molecule has 0 radical (unpaired) electrons. The molecule has 26 heavy (non-hydrogen) atoms. The molecule has 3 aromatic rings. The maximum Gasteiger partial charge on any atom is 0.251 e. The van der Waals surface area contributed by atoms with E-state index in [-0.39, 0.29) is 11.5 Å². The Morgan fingerprint density at radius 2 is 1.81 bits per heavy atom. The first kappa shape index (κ1) is 16.7. The molecule has 1 aliphatic heterocycles. The van der Waals surface area contributed by atoms with Gasteiger partial charge in [0.1, 0.15) is 11.6 Å². The zero-order chi connectivity index (χ0) is 18.3. The van der Waals surface area contributed by atoms with E-state index in [1.807, 2.05) is 37.3 Å². The minimum absolute atomic E-state index is 0.106. The van der Waals surface area contributed by atoms with Gasteiger partial charge < -0.3 is 5.32 Å². The van der Waals surface area contributed by atoms with E-state index in [0.29, 0.717) is 11.3 Å². The molecule has 0 amide bonds. The first-order valence-corrected chi connectivity index (χ1v) is 8.51. The molecule has 0 saturated carbocycles. The van der Waals surface area contributed by atoms with Gasteiger partial charge in [0.05, 0.1) is 11.2 Å². The van der Waals surface area contributed by atoms with Gasteiger partial charge in [-0.3, -0.25) is 9.36 Å². The third-order valence-corrected chi connectivity index (χ3v) is 4.96. The van der Waals surface area contributed by atoms with Crippen molar-refractivity contribution in [3.05, 3.63) is 72.4 Å². The Morgan fingerprint density at radius 1 is 1.08 bits per heavy atom. The van der Waals surface area contributed by atoms with Gasteiger partial charge in [-0.1, -0.05) is 30.3 Å². The highest BCUT2D eigenvalue weighted by Crippen LogP contribution is 2.33. The quantitative estimate of drug-likeness (QED) is 0.753. The molecule has 3 nitrogen and oxygen atoms in total. The standard InChI is InChI=1S/C21H18F2N2O/c1-21(9-10-24-21)20(26)25-13-15(17-12-16(22)7-8-18(17)23)11-19(25)14-5-3-2-4-6-14/h2-8,11-13,24H,9-10H2,1H3. The summed E-state index contributed by atoms with van der Waals surface area (Å²) in [5.74, 6) is -1.15. The maximum atomic E-state index is 14.2. The van der Waals surface area contributed by atoms with Crippen molar-refractivity contribution in [2.75, 3.05) is 6.54 Å². The predicted octanol–water partition coefficient (Wildman–Crippen LogP) is 4.49. The molecule has 1 atom stereocenters. The number of aromatic nitrogens is 1. The van der Waals surface area contributed by atoms with E-state index >= 15 is 0 Å². The molecule has 0 spiro atoms. The number of carbonyl (C=O) groups is 1. The number of benzene rings is 2. The van der Waals surface area contributed by atoms with Crippen LogP contribution in [0.1, 0.15) is 18.1 Å². The molecule has 0 bridgehead atoms. The van der Waals surface area contributed by atoms with Crippen LogP contribution in [0.25, 0.3) is 22.4 Å². The number of carbonyl (C=O) groups excluding carboxylic acids is 1. The Labute approximate surface area is 150 Å². The molecule has 1 aliphatic rings. The molecular formula is C21H18F2N2O. The number of hydrogen-bond donors (Lipinski definition) is 1. The Bertz CT molecular complexity index is 975. The van der Waals surface area contributed by atoms with Gasteiger partial charge in [0.25, 0.3) is 5.91 Å². The van der Waals surface area contributed by atoms with E-state index in [2.05, 4.69) is 5.32 Å². The van der Waals surface area contributed by atoms with E-state index in [9.17, 15) is 13.6 Å². The Kier molecular flexibility index (Phi) is 3.96. The van der Waals surface area contributed by atoms with E-state index in [1.165, 1.54) is 0 Å². The summed E-state index contributed by atoms with van der Waals surface area (Å²) >= 11 is 0. The van der Waals surface area contributed by atoms with Crippen molar-refractivity contribution in [1.29, 1.82) is 0 Å². The SMILES string of the molecule is CC1(C(=O)n2cc(-c3cc(F)ccc3F)cc2-c2ccccc2)CCN1. The number of halogens is 2. The Hall–Kier alpha value is -2.79. The van der Waals surface area contributed by atoms with Gasteiger partial charge in [-0.2, -0.15) is 0 Å². The monoisotopic (exact) mass is 352 g/mol. The fraction of sp³-hybridized carbons (Fsp3) is 0.190. The summed E-state index contributed by atoms with van der Waals surface area (Å²) < 4.78 is 29.4. The minimum Gasteiger partial charge on any atom is -0.303 e. The molecule has 0 aliphatic carbocycles. The summed E-state index contributed by atoms with van der Waals surface area (Å²) in [4.78, 5) is 13.1. The molecule has 4 rings (SSSR count). The normalized spacial score (nSPS) is 19.2. The minimum atomic E-state index is -0.639. The Morgan fingerprint density at radius 3 is 2.46 bits per heavy atom. The number of nitrogens with one attached hydrogen (secondary N) is 1. The predicted molar refractivity (Wildman–Crippen MR) is 96.9 cm³/mol. The summed E-state index contributed by atoms with van der Waals surface area (Å²) in [5, 5.41) is 3.16. The fourth-order valence-corrected chi connectivity index (χ4v) is 3.28. The largest absolute Gasteiger partial charge is 0.303 e. The van der Waals surface area contributed by atoms with E-state index in [1.54, 1.807) is 16.8 Å². The van der Waals surface area contributed by atoms with Crippen molar-refractivity contribution < 1.29 is 13.6 Å². The average molecular weight is 352 g/mol. The first-order valence-electron chi connectivity index (χ1n) is 8.51. The molecule has 1 N–H and O–H groups in total. The Balaban J connectivity index is 1.88. The zero-order valence-corrected chi connectivity index (χ0v) is 14.3. The van der Waals surface area contributed by atoms with Crippen LogP contribution in [-0.2, 0) is 0 Å². The van der Waals surface area contributed by atoms with E-state index < -0.39 is 17.2 Å². The van der Waals surface area contributed by atoms with Crippen LogP contribution in [0.4, 0.5) is 8.78 Å². The van der Waals surface area contributed by atoms with Gasteiger partial charge in [-0.05, 0) is 49.7 Å². The second kappa shape index (κ2) is 6.18. The van der Waals surface area contributed by atoms with Crippen molar-refractivity contribution in [2.45, 2.75) is 18.9 Å². The van der Waals surface area contributed by atoms with Crippen molar-refractivity contribution >= 4 is 5.91 Å². The lowest BCUT2D eigenvalue weighted by Gasteiger charge is -2.38. The number of hydrogen-bond acceptors (Lipinski definition) is 2. The van der Waals surface area contributed by atoms with Gasteiger partial charge in [-0.15, -0.1) is 0 Å². The highest BCUT2D eigenvalue weighted by atomic mass is 19.1. The van der Waals surface area contributed by atoms with Crippen molar-refractivity contribution in [1.82, 2.24) is 9.88 Å². The second-order valence-electron chi connectivity index (χ2n) is 6.79. The molecule has 1 fully saturated rings. The summed E-state index contributed by atoms with van der Waals surface area (Å²) in [6.07, 6.45) is 2.33. The zero-order valence-electron chi connectivity index (χ0n) is 14.3. The molecule has 2 aromatic carbocycles. The topological polar surface area (TPSA) is 34.0 Å². The molecular weight excluding hydrogens is 334 g/mol. The van der Waals surface area contributed by atoms with Crippen LogP contribution in [0.2, 0.25) is 0 Å². The smallest absolute Gasteiger partial charge is 0.251 e. The highest BCUT2D eigenvalue weighted by molar-refractivity contribution is 5.94. The lowest BCUT2D eigenvalue weighted by atomic mass is 9.89. The van der Waals surface area contributed by atoms with Crippen LogP contribution in [0, 0.1) is 11.6 Å². The summed E-state index contributed by atoms with van der Waals surface area (Å²) in [6.45, 7) is 2.64. The average Bonchev–Trinajstić information content (AvgIpc) is 3.07. The third-order valence-electron chi connectivity index (χ3n) is 4.96. The molecule has 2 heterocycles. The van der Waals surface area contributed by atoms with Crippen LogP contribution < -0.4 is 5.32 Å². The van der Waals surface area contributed by atoms with E-state index in [4.69, 9.17) is 0 Å². The van der Waals surface area contributed by atoms with Crippen LogP contribution >= 0.6 is 0 Å². The van der Waals surface area contributed by atoms with Crippen molar-refractivity contribution in [2.24, 2.45) is 0 Å². The molecule has 1 saturated heterocycles. The maximum absolute atomic E-state index is 14.2. The van der Waals surface area contributed by atoms with Gasteiger partial charge >= 0.3 is 0 Å². The summed E-state index contributed by atoms with van der Waals surface area (Å²) in [7, 11) is 0. The molecule has 1 aromatic heterocycles. The number of rotatable bonds is 3. The lowest BCUT2D eigenvalue weighted by Crippen LogP contribution is -2.61. The number of nitrogens with zero attached hydrogens (tertiary/aromatic N) is 1. The fourth-order valence-electron chi connectivity index (χ4n) is 3.28. The highest BCUT2D eigenvalue weighted by Gasteiger charge is 2.40. The molecule has 5 heteroatoms. The van der Waals surface area contributed by atoms with Crippen molar-refractivity contribution in [3.8, 4) is 22.4 Å². The third kappa shape index (κ3) is 2.74. The van der Waals surface area contributed by atoms with Gasteiger partial charge in [-0.25, -0.2) is 8.78 Å². The molecule has 132 valence electrons. The summed E-state index contributed by atoms with van der Waals surface area (Å²) in [5.41, 5.74) is 1.47. The van der Waals surface area contributed by atoms with Crippen molar-refractivity contribution in [3.63, 3.8) is 0 Å². The van der Waals surface area contributed by atoms with Crippen LogP contribution in [0.5, 0.6) is 0 Å². The van der Waals surface area contributed by atoms with Crippen LogP contribution in [0.15, 0.2) is 60.8 Å².